The zero-order chi connectivity index (χ0) is 12.5. The number of hydrogen-bond acceptors (Lipinski definition) is 1. The fraction of sp³-hybridized carbons (Fsp3) is 0.600. The van der Waals surface area contributed by atoms with Gasteiger partial charge < -0.3 is 5.32 Å². The highest BCUT2D eigenvalue weighted by Gasteiger charge is 2.49. The Morgan fingerprint density at radius 1 is 1.35 bits per heavy atom. The molecule has 0 saturated heterocycles. The average Bonchev–Trinajstić information content (AvgIpc) is 2.90. The maximum atomic E-state index is 3.65. The molecule has 0 amide bonds. The van der Waals surface area contributed by atoms with Gasteiger partial charge in [-0.25, -0.2) is 0 Å². The summed E-state index contributed by atoms with van der Waals surface area (Å²) in [5.41, 5.74) is 1.98. The van der Waals surface area contributed by atoms with Crippen molar-refractivity contribution in [1.82, 2.24) is 5.32 Å². The summed E-state index contributed by atoms with van der Waals surface area (Å²) in [4.78, 5) is 0. The first kappa shape index (κ1) is 13.1. The summed E-state index contributed by atoms with van der Waals surface area (Å²) in [6, 6.07) is 9.36. The zero-order valence-corrected chi connectivity index (χ0v) is 12.5. The lowest BCUT2D eigenvalue weighted by Crippen LogP contribution is -2.34. The zero-order valence-electron chi connectivity index (χ0n) is 11.0. The van der Waals surface area contributed by atoms with Gasteiger partial charge in [-0.05, 0) is 48.4 Å². The van der Waals surface area contributed by atoms with Crippen molar-refractivity contribution < 1.29 is 0 Å². The Morgan fingerprint density at radius 2 is 1.94 bits per heavy atom. The minimum Gasteiger partial charge on any atom is -0.314 e. The minimum absolute atomic E-state index is 0.544. The van der Waals surface area contributed by atoms with Crippen molar-refractivity contribution in [3.05, 3.63) is 34.3 Å². The molecule has 0 bridgehead atoms. The van der Waals surface area contributed by atoms with Crippen LogP contribution in [0.1, 0.15) is 32.8 Å². The Bertz CT molecular complexity index is 369. The predicted molar refractivity (Wildman–Crippen MR) is 77.2 cm³/mol. The monoisotopic (exact) mass is 295 g/mol. The number of rotatable bonds is 5. The molecule has 2 atom stereocenters. The van der Waals surface area contributed by atoms with Gasteiger partial charge in [0.15, 0.2) is 0 Å². The standard InChI is InChI=1S/C15H22BrN/c1-4-17-14(13-10-15(13,2)3)9-11-5-7-12(16)8-6-11/h5-8,13-14,17H,4,9-10H2,1-3H3. The summed E-state index contributed by atoms with van der Waals surface area (Å²) in [5.74, 6) is 0.839. The second-order valence-corrected chi connectivity index (χ2v) is 6.71. The van der Waals surface area contributed by atoms with Gasteiger partial charge in [-0.3, -0.25) is 0 Å². The largest absolute Gasteiger partial charge is 0.314 e. The van der Waals surface area contributed by atoms with Gasteiger partial charge >= 0.3 is 0 Å². The molecule has 1 aromatic rings. The molecule has 2 rings (SSSR count). The summed E-state index contributed by atoms with van der Waals surface area (Å²) in [5, 5.41) is 3.65. The van der Waals surface area contributed by atoms with Crippen LogP contribution in [0.15, 0.2) is 28.7 Å². The van der Waals surface area contributed by atoms with E-state index in [1.54, 1.807) is 0 Å². The van der Waals surface area contributed by atoms with Gasteiger partial charge in [-0.1, -0.05) is 48.8 Å². The van der Waals surface area contributed by atoms with E-state index in [0.717, 1.165) is 23.4 Å². The summed E-state index contributed by atoms with van der Waals surface area (Å²) in [7, 11) is 0. The van der Waals surface area contributed by atoms with Crippen LogP contribution in [0.25, 0.3) is 0 Å². The van der Waals surface area contributed by atoms with Gasteiger partial charge in [0.2, 0.25) is 0 Å². The van der Waals surface area contributed by atoms with E-state index >= 15 is 0 Å². The number of hydrogen-bond donors (Lipinski definition) is 1. The van der Waals surface area contributed by atoms with Crippen LogP contribution in [0.5, 0.6) is 0 Å². The Labute approximate surface area is 113 Å². The molecule has 2 heteroatoms. The van der Waals surface area contributed by atoms with Crippen LogP contribution in [0.4, 0.5) is 0 Å². The molecule has 94 valence electrons. The fourth-order valence-electron chi connectivity index (χ4n) is 2.69. The van der Waals surface area contributed by atoms with Gasteiger partial charge in [-0.15, -0.1) is 0 Å². The third-order valence-corrected chi connectivity index (χ3v) is 4.44. The summed E-state index contributed by atoms with van der Waals surface area (Å²) in [6.07, 6.45) is 2.51. The molecule has 1 aliphatic rings. The first-order valence-electron chi connectivity index (χ1n) is 6.51. The van der Waals surface area contributed by atoms with Crippen LogP contribution in [0.2, 0.25) is 0 Å². The van der Waals surface area contributed by atoms with Crippen molar-refractivity contribution >= 4 is 15.9 Å². The Balaban J connectivity index is 2.00. The number of likely N-dealkylation sites (N-methyl/N-ethyl adjacent to an activating group) is 1. The lowest BCUT2D eigenvalue weighted by atomic mass is 9.97. The van der Waals surface area contributed by atoms with Gasteiger partial charge in [-0.2, -0.15) is 0 Å². The molecule has 1 N–H and O–H groups in total. The third-order valence-electron chi connectivity index (χ3n) is 3.91. The van der Waals surface area contributed by atoms with Crippen molar-refractivity contribution in [1.29, 1.82) is 0 Å². The quantitative estimate of drug-likeness (QED) is 0.865. The first-order valence-corrected chi connectivity index (χ1v) is 7.30. The molecule has 1 saturated carbocycles. The van der Waals surface area contributed by atoms with E-state index < -0.39 is 0 Å². The second kappa shape index (κ2) is 5.11. The fourth-order valence-corrected chi connectivity index (χ4v) is 2.95. The molecule has 2 unspecified atom stereocenters. The summed E-state index contributed by atoms with van der Waals surface area (Å²) in [6.45, 7) is 8.02. The van der Waals surface area contributed by atoms with Gasteiger partial charge in [0.1, 0.15) is 0 Å². The first-order chi connectivity index (χ1) is 8.03. The van der Waals surface area contributed by atoms with Crippen LogP contribution < -0.4 is 5.32 Å². The lowest BCUT2D eigenvalue weighted by Gasteiger charge is -2.19. The van der Waals surface area contributed by atoms with Crippen LogP contribution in [-0.2, 0) is 6.42 Å². The van der Waals surface area contributed by atoms with Crippen LogP contribution in [0, 0.1) is 11.3 Å². The van der Waals surface area contributed by atoms with E-state index in [1.165, 1.54) is 12.0 Å². The summed E-state index contributed by atoms with van der Waals surface area (Å²) < 4.78 is 1.16. The normalized spacial score (nSPS) is 23.4. The molecule has 1 aliphatic carbocycles. The van der Waals surface area contributed by atoms with E-state index in [-0.39, 0.29) is 0 Å². The third kappa shape index (κ3) is 3.32. The van der Waals surface area contributed by atoms with Crippen LogP contribution >= 0.6 is 15.9 Å². The van der Waals surface area contributed by atoms with Crippen molar-refractivity contribution in [2.45, 2.75) is 39.7 Å². The molecule has 1 fully saturated rings. The number of nitrogens with one attached hydrogen (secondary N) is 1. The van der Waals surface area contributed by atoms with Crippen molar-refractivity contribution in [3.63, 3.8) is 0 Å². The van der Waals surface area contributed by atoms with Gasteiger partial charge in [0.05, 0.1) is 0 Å². The van der Waals surface area contributed by atoms with E-state index in [2.05, 4.69) is 66.3 Å². The molecular formula is C15H22BrN. The highest BCUT2D eigenvalue weighted by molar-refractivity contribution is 9.10. The predicted octanol–water partition coefficient (Wildman–Crippen LogP) is 4.02. The lowest BCUT2D eigenvalue weighted by molar-refractivity contribution is 0.409. The minimum atomic E-state index is 0.544. The van der Waals surface area contributed by atoms with Gasteiger partial charge in [0, 0.05) is 10.5 Å². The molecule has 0 heterocycles. The maximum absolute atomic E-state index is 3.65. The Hall–Kier alpha value is -0.340. The highest BCUT2D eigenvalue weighted by atomic mass is 79.9. The Morgan fingerprint density at radius 3 is 2.41 bits per heavy atom. The van der Waals surface area contributed by atoms with Gasteiger partial charge in [0.25, 0.3) is 0 Å². The Kier molecular flexibility index (Phi) is 3.94. The maximum Gasteiger partial charge on any atom is 0.0175 e. The molecule has 17 heavy (non-hydrogen) atoms. The average molecular weight is 296 g/mol. The summed E-state index contributed by atoms with van der Waals surface area (Å²) >= 11 is 3.49. The van der Waals surface area contributed by atoms with Crippen molar-refractivity contribution in [2.75, 3.05) is 6.54 Å². The molecule has 1 nitrogen and oxygen atoms in total. The molecule has 0 aliphatic heterocycles. The number of halogens is 1. The number of benzene rings is 1. The van der Waals surface area contributed by atoms with E-state index in [0.29, 0.717) is 11.5 Å². The van der Waals surface area contributed by atoms with Crippen molar-refractivity contribution in [3.8, 4) is 0 Å². The van der Waals surface area contributed by atoms with E-state index in [4.69, 9.17) is 0 Å². The van der Waals surface area contributed by atoms with Crippen LogP contribution in [0.3, 0.4) is 0 Å². The molecule has 1 aromatic carbocycles. The molecule has 0 spiro atoms. The molecule has 0 aromatic heterocycles. The second-order valence-electron chi connectivity index (χ2n) is 5.79. The SMILES string of the molecule is CCNC(Cc1ccc(Br)cc1)C1CC1(C)C. The van der Waals surface area contributed by atoms with E-state index in [1.807, 2.05) is 0 Å². The highest BCUT2D eigenvalue weighted by Crippen LogP contribution is 2.54. The van der Waals surface area contributed by atoms with Crippen LogP contribution in [-0.4, -0.2) is 12.6 Å². The molecule has 0 radical (unpaired) electrons. The van der Waals surface area contributed by atoms with Crippen molar-refractivity contribution in [2.24, 2.45) is 11.3 Å². The molecular weight excluding hydrogens is 274 g/mol. The smallest absolute Gasteiger partial charge is 0.0175 e. The van der Waals surface area contributed by atoms with E-state index in [9.17, 15) is 0 Å². The topological polar surface area (TPSA) is 12.0 Å².